The Balaban J connectivity index is 1.59. The van der Waals surface area contributed by atoms with Crippen molar-refractivity contribution in [1.29, 1.82) is 0 Å². The lowest BCUT2D eigenvalue weighted by molar-refractivity contribution is -0.120. The van der Waals surface area contributed by atoms with Gasteiger partial charge in [-0.05, 0) is 78.3 Å². The number of hydrogen-bond acceptors (Lipinski definition) is 6. The number of carbonyl (C=O) groups excluding carboxylic acids is 1. The summed E-state index contributed by atoms with van der Waals surface area (Å²) < 4.78 is 27.6. The van der Waals surface area contributed by atoms with Crippen molar-refractivity contribution in [2.45, 2.75) is 50.3 Å². The molecule has 1 aromatic heterocycles. The van der Waals surface area contributed by atoms with Crippen LogP contribution in [0.2, 0.25) is 0 Å². The van der Waals surface area contributed by atoms with Crippen LogP contribution in [-0.2, 0) is 21.6 Å². The molecule has 0 aliphatic heterocycles. The number of nitrogens with zero attached hydrogens (tertiary/aromatic N) is 1. The van der Waals surface area contributed by atoms with Crippen molar-refractivity contribution in [1.82, 2.24) is 21.1 Å². The predicted octanol–water partition coefficient (Wildman–Crippen LogP) is 4.14. The summed E-state index contributed by atoms with van der Waals surface area (Å²) in [5.74, 6) is -1.75. The molecule has 1 amide bonds. The molecule has 0 fully saturated rings. The number of hydrogen-bond donors (Lipinski definition) is 4. The predicted molar refractivity (Wildman–Crippen MR) is 145 cm³/mol. The number of nitrogens with one attached hydrogen (secondary N) is 3. The Morgan fingerprint density at radius 2 is 1.85 bits per heavy atom. The Morgan fingerprint density at radius 1 is 1.10 bits per heavy atom. The van der Waals surface area contributed by atoms with Gasteiger partial charge in [0.2, 0.25) is 5.91 Å². The second-order valence-corrected chi connectivity index (χ2v) is 9.88. The largest absolute Gasteiger partial charge is 0.390 e. The van der Waals surface area contributed by atoms with Crippen LogP contribution in [0.1, 0.15) is 37.3 Å². The van der Waals surface area contributed by atoms with Crippen molar-refractivity contribution in [3.8, 4) is 11.1 Å². The van der Waals surface area contributed by atoms with Gasteiger partial charge in [-0.3, -0.25) is 20.1 Å². The van der Waals surface area contributed by atoms with E-state index >= 15 is 0 Å². The maximum absolute atomic E-state index is 13.8. The maximum atomic E-state index is 13.8. The molecular formula is C30H34F2N4O3. The highest BCUT2D eigenvalue weighted by molar-refractivity contribution is 5.73. The van der Waals surface area contributed by atoms with E-state index in [-0.39, 0.29) is 18.9 Å². The van der Waals surface area contributed by atoms with Gasteiger partial charge in [0.15, 0.2) is 0 Å². The molecule has 3 atom stereocenters. The Bertz CT molecular complexity index is 1280. The van der Waals surface area contributed by atoms with E-state index in [0.29, 0.717) is 18.4 Å². The molecule has 39 heavy (non-hydrogen) atoms. The second kappa shape index (κ2) is 12.9. The Kier molecular flexibility index (Phi) is 9.40. The number of allylic oxidation sites excluding steroid dienone is 1. The van der Waals surface area contributed by atoms with Crippen molar-refractivity contribution >= 4 is 5.91 Å². The molecular weight excluding hydrogens is 502 g/mol. The van der Waals surface area contributed by atoms with Crippen LogP contribution < -0.4 is 16.1 Å². The number of hydroxylamine groups is 1. The lowest BCUT2D eigenvalue weighted by atomic mass is 9.77. The number of aliphatic hydroxyl groups is 1. The first kappa shape index (κ1) is 28.4. The summed E-state index contributed by atoms with van der Waals surface area (Å²) in [4.78, 5) is 21.1. The Morgan fingerprint density at radius 3 is 2.49 bits per heavy atom. The van der Waals surface area contributed by atoms with E-state index < -0.39 is 29.3 Å². The van der Waals surface area contributed by atoms with Gasteiger partial charge in [-0.1, -0.05) is 24.3 Å². The number of halogens is 2. The average Bonchev–Trinajstić information content (AvgIpc) is 2.92. The van der Waals surface area contributed by atoms with Gasteiger partial charge in [0.05, 0.1) is 19.3 Å². The van der Waals surface area contributed by atoms with Crippen LogP contribution in [0, 0.1) is 11.6 Å². The van der Waals surface area contributed by atoms with E-state index in [1.54, 1.807) is 19.5 Å². The third-order valence-corrected chi connectivity index (χ3v) is 7.06. The van der Waals surface area contributed by atoms with Crippen LogP contribution in [-0.4, -0.2) is 41.8 Å². The topological polar surface area (TPSA) is 95.5 Å². The van der Waals surface area contributed by atoms with Crippen LogP contribution in [0.5, 0.6) is 0 Å². The first-order valence-corrected chi connectivity index (χ1v) is 12.9. The normalized spacial score (nSPS) is 18.6. The van der Waals surface area contributed by atoms with Gasteiger partial charge in [0, 0.05) is 43.2 Å². The number of rotatable bonds is 11. The molecule has 0 spiro atoms. The third-order valence-electron chi connectivity index (χ3n) is 7.06. The molecule has 3 unspecified atom stereocenters. The minimum absolute atomic E-state index is 0.0729. The summed E-state index contributed by atoms with van der Waals surface area (Å²) in [6, 6.07) is 14.6. The van der Waals surface area contributed by atoms with Gasteiger partial charge in [-0.25, -0.2) is 8.78 Å². The summed E-state index contributed by atoms with van der Waals surface area (Å²) in [7, 11) is 1.57. The number of benzene rings is 2. The first-order valence-electron chi connectivity index (χ1n) is 12.9. The quantitative estimate of drug-likeness (QED) is 0.275. The molecule has 4 N–H and O–H groups in total. The fourth-order valence-electron chi connectivity index (χ4n) is 5.11. The van der Waals surface area contributed by atoms with Crippen LogP contribution in [0.25, 0.3) is 11.1 Å². The van der Waals surface area contributed by atoms with Gasteiger partial charge in [-0.2, -0.15) is 0 Å². The summed E-state index contributed by atoms with van der Waals surface area (Å²) in [5, 5.41) is 17.5. The molecule has 1 heterocycles. The lowest BCUT2D eigenvalue weighted by Crippen LogP contribution is -2.53. The van der Waals surface area contributed by atoms with Gasteiger partial charge >= 0.3 is 0 Å². The van der Waals surface area contributed by atoms with Crippen LogP contribution in [0.4, 0.5) is 8.78 Å². The maximum Gasteiger partial charge on any atom is 0.217 e. The molecule has 7 nitrogen and oxygen atoms in total. The van der Waals surface area contributed by atoms with Gasteiger partial charge < -0.3 is 15.7 Å². The van der Waals surface area contributed by atoms with E-state index in [2.05, 4.69) is 39.3 Å². The Labute approximate surface area is 227 Å². The number of aliphatic hydroxyl groups excluding tert-OH is 1. The zero-order valence-electron chi connectivity index (χ0n) is 22.1. The Hall–Kier alpha value is -3.66. The molecule has 3 aromatic rings. The molecule has 0 saturated heterocycles. The molecule has 206 valence electrons. The minimum Gasteiger partial charge on any atom is -0.390 e. The van der Waals surface area contributed by atoms with E-state index in [1.807, 2.05) is 24.3 Å². The van der Waals surface area contributed by atoms with Crippen molar-refractivity contribution in [3.05, 3.63) is 102 Å². The summed E-state index contributed by atoms with van der Waals surface area (Å²) in [6.07, 6.45) is 6.70. The minimum atomic E-state index is -1.03. The summed E-state index contributed by atoms with van der Waals surface area (Å²) in [6.45, 7) is 1.49. The van der Waals surface area contributed by atoms with Gasteiger partial charge in [-0.15, -0.1) is 0 Å². The molecule has 0 bridgehead atoms. The number of pyridine rings is 1. The van der Waals surface area contributed by atoms with Crippen molar-refractivity contribution in [2.24, 2.45) is 0 Å². The SMILES string of the molecule is CONC1=CCC(NCC(O)C(Cc2cc(F)cc(F)c2)NC(C)=O)(c2cccc(-c3ccncc3)c2)CC1. The average molecular weight is 537 g/mol. The van der Waals surface area contributed by atoms with Crippen LogP contribution in [0.3, 0.4) is 0 Å². The van der Waals surface area contributed by atoms with Crippen molar-refractivity contribution in [2.75, 3.05) is 13.7 Å². The van der Waals surface area contributed by atoms with Crippen LogP contribution >= 0.6 is 0 Å². The molecule has 0 radical (unpaired) electrons. The standard InChI is InChI=1S/C30H34F2N4O3/c1-20(37)35-28(16-21-14-25(31)18-26(32)15-21)29(38)19-34-30(10-6-27(7-11-30)36-39-2)24-5-3-4-23(17-24)22-8-12-33-13-9-22/h3-6,8-9,12-15,17-18,28-29,34,36,38H,7,10-11,16,19H2,1-2H3,(H,35,37). The molecule has 1 aliphatic carbocycles. The van der Waals surface area contributed by atoms with E-state index in [0.717, 1.165) is 34.9 Å². The fraction of sp³-hybridized carbons (Fsp3) is 0.333. The zero-order valence-corrected chi connectivity index (χ0v) is 22.1. The lowest BCUT2D eigenvalue weighted by Gasteiger charge is -2.40. The number of amides is 1. The molecule has 2 aromatic carbocycles. The highest BCUT2D eigenvalue weighted by Crippen LogP contribution is 2.37. The van der Waals surface area contributed by atoms with Gasteiger partial charge in [0.1, 0.15) is 11.6 Å². The van der Waals surface area contributed by atoms with E-state index in [1.165, 1.54) is 19.1 Å². The highest BCUT2D eigenvalue weighted by atomic mass is 19.1. The van der Waals surface area contributed by atoms with Crippen molar-refractivity contribution in [3.63, 3.8) is 0 Å². The number of carbonyl (C=O) groups is 1. The van der Waals surface area contributed by atoms with Crippen molar-refractivity contribution < 1.29 is 23.5 Å². The summed E-state index contributed by atoms with van der Waals surface area (Å²) >= 11 is 0. The first-order chi connectivity index (χ1) is 18.8. The molecule has 4 rings (SSSR count). The van der Waals surface area contributed by atoms with E-state index in [9.17, 15) is 18.7 Å². The summed E-state index contributed by atoms with van der Waals surface area (Å²) in [5.41, 5.74) is 6.89. The molecule has 0 saturated carbocycles. The van der Waals surface area contributed by atoms with Gasteiger partial charge in [0.25, 0.3) is 0 Å². The smallest absolute Gasteiger partial charge is 0.217 e. The van der Waals surface area contributed by atoms with Crippen LogP contribution in [0.15, 0.2) is 78.8 Å². The fourth-order valence-corrected chi connectivity index (χ4v) is 5.11. The molecule has 1 aliphatic rings. The zero-order chi connectivity index (χ0) is 27.8. The third kappa shape index (κ3) is 7.47. The second-order valence-electron chi connectivity index (χ2n) is 9.88. The molecule has 9 heteroatoms. The number of aromatic nitrogens is 1. The van der Waals surface area contributed by atoms with E-state index in [4.69, 9.17) is 4.84 Å². The monoisotopic (exact) mass is 536 g/mol. The highest BCUT2D eigenvalue weighted by Gasteiger charge is 2.35.